The third kappa shape index (κ3) is 16.7. The molecule has 0 saturated heterocycles. The maximum atomic E-state index is 11.6. The largest absolute Gasteiger partial charge is 0.343 e. The molecule has 0 aromatic carbocycles. The van der Waals surface area contributed by atoms with Gasteiger partial charge in [-0.15, -0.1) is 0 Å². The number of nitrogens with one attached hydrogen (secondary N) is 1. The van der Waals surface area contributed by atoms with Gasteiger partial charge in [-0.2, -0.15) is 0 Å². The lowest BCUT2D eigenvalue weighted by atomic mass is 10.1. The van der Waals surface area contributed by atoms with Crippen molar-refractivity contribution in [3.8, 4) is 0 Å². The molecule has 8 heteroatoms. The molecule has 1 atom stereocenters. The minimum Gasteiger partial charge on any atom is -0.343 e. The molecule has 0 saturated carbocycles. The van der Waals surface area contributed by atoms with E-state index in [1.807, 2.05) is 13.0 Å². The molecule has 25 heavy (non-hydrogen) atoms. The Morgan fingerprint density at radius 2 is 1.40 bits per heavy atom. The van der Waals surface area contributed by atoms with Gasteiger partial charge in [0.25, 0.3) is 0 Å². The van der Waals surface area contributed by atoms with Crippen molar-refractivity contribution in [2.24, 2.45) is 0 Å². The van der Waals surface area contributed by atoms with Gasteiger partial charge < -0.3 is 20.0 Å². The highest BCUT2D eigenvalue weighted by atomic mass is 31.2. The summed E-state index contributed by atoms with van der Waals surface area (Å²) in [4.78, 5) is 27.0. The van der Waals surface area contributed by atoms with Crippen LogP contribution in [0, 0.1) is 0 Å². The fourth-order valence-electron chi connectivity index (χ4n) is 2.16. The number of hydrogen-bond acceptors (Lipinski definition) is 3. The molecule has 0 aromatic heterocycles. The van der Waals surface area contributed by atoms with Gasteiger partial charge in [-0.3, -0.25) is 9.13 Å². The Labute approximate surface area is 151 Å². The van der Waals surface area contributed by atoms with E-state index >= 15 is 0 Å². The van der Waals surface area contributed by atoms with Gasteiger partial charge in [-0.25, -0.2) is 0 Å². The van der Waals surface area contributed by atoms with Gasteiger partial charge in [0.1, 0.15) is 5.90 Å². The van der Waals surface area contributed by atoms with Crippen LogP contribution in [-0.2, 0) is 9.13 Å². The molecule has 0 fully saturated rings. The van der Waals surface area contributed by atoms with Crippen molar-refractivity contribution in [2.75, 3.05) is 18.7 Å². The quantitative estimate of drug-likeness (QED) is 0.223. The maximum Gasteiger partial charge on any atom is 0.335 e. The van der Waals surface area contributed by atoms with Crippen molar-refractivity contribution in [1.82, 2.24) is 5.32 Å². The summed E-state index contributed by atoms with van der Waals surface area (Å²) in [6, 6.07) is 0. The van der Waals surface area contributed by atoms with Gasteiger partial charge in [0.2, 0.25) is 7.37 Å². The standard InChI is InChI=1S/C17H33NO5P2/c1-15(2)7-5-8-16(3)9-6-10-17(4)11-12-18-13-24(19,20)14-25(21,22)23/h7,9,11,18H,5-6,8,10,12-14H2,1-4H3,(H,19,20)(H2,21,22,23)/b16-9+,17-11+. The molecule has 0 aliphatic heterocycles. The minimum absolute atomic E-state index is 0.300. The van der Waals surface area contributed by atoms with Crippen LogP contribution < -0.4 is 5.32 Å². The smallest absolute Gasteiger partial charge is 0.335 e. The lowest BCUT2D eigenvalue weighted by molar-refractivity contribution is 0.375. The molecular weight excluding hydrogens is 360 g/mol. The first-order valence-corrected chi connectivity index (χ1v) is 12.2. The van der Waals surface area contributed by atoms with Crippen molar-refractivity contribution in [3.05, 3.63) is 34.9 Å². The second-order valence-electron chi connectivity index (χ2n) is 6.72. The van der Waals surface area contributed by atoms with Crippen LogP contribution in [0.5, 0.6) is 0 Å². The van der Waals surface area contributed by atoms with E-state index in [-0.39, 0.29) is 6.29 Å². The summed E-state index contributed by atoms with van der Waals surface area (Å²) in [5.74, 6) is -0.980. The zero-order valence-electron chi connectivity index (χ0n) is 15.7. The summed E-state index contributed by atoms with van der Waals surface area (Å²) in [6.45, 7) is 8.74. The second-order valence-corrected chi connectivity index (χ2v) is 11.2. The molecular formula is C17H33NO5P2. The van der Waals surface area contributed by atoms with E-state index in [1.165, 1.54) is 16.7 Å². The molecule has 6 nitrogen and oxygen atoms in total. The Bertz CT molecular complexity index is 586. The molecule has 0 spiro atoms. The van der Waals surface area contributed by atoms with Gasteiger partial charge >= 0.3 is 7.60 Å². The Morgan fingerprint density at radius 3 is 1.92 bits per heavy atom. The molecule has 1 unspecified atom stereocenters. The molecule has 4 N–H and O–H groups in total. The summed E-state index contributed by atoms with van der Waals surface area (Å²) in [5.41, 5.74) is 3.89. The van der Waals surface area contributed by atoms with Crippen LogP contribution in [0.2, 0.25) is 0 Å². The van der Waals surface area contributed by atoms with Crippen LogP contribution in [-0.4, -0.2) is 33.4 Å². The third-order valence-electron chi connectivity index (χ3n) is 3.48. The fourth-order valence-corrected chi connectivity index (χ4v) is 5.34. The lowest BCUT2D eigenvalue weighted by Crippen LogP contribution is -2.16. The maximum absolute atomic E-state index is 11.6. The average Bonchev–Trinajstić information content (AvgIpc) is 2.40. The first-order valence-electron chi connectivity index (χ1n) is 8.42. The van der Waals surface area contributed by atoms with E-state index in [9.17, 15) is 14.0 Å². The van der Waals surface area contributed by atoms with Crippen LogP contribution in [0.25, 0.3) is 0 Å². The topological polar surface area (TPSA) is 107 Å². The Balaban J connectivity index is 4.08. The van der Waals surface area contributed by atoms with Crippen LogP contribution in [0.4, 0.5) is 0 Å². The summed E-state index contributed by atoms with van der Waals surface area (Å²) in [6.07, 6.45) is 10.1. The van der Waals surface area contributed by atoms with Crippen LogP contribution in [0.15, 0.2) is 34.9 Å². The molecule has 0 heterocycles. The molecule has 0 aliphatic carbocycles. The van der Waals surface area contributed by atoms with E-state index in [1.54, 1.807) is 0 Å². The number of allylic oxidation sites excluding steroid dienone is 5. The number of rotatable bonds is 12. The highest BCUT2D eigenvalue weighted by Crippen LogP contribution is 2.53. The lowest BCUT2D eigenvalue weighted by Gasteiger charge is -2.12. The van der Waals surface area contributed by atoms with E-state index in [4.69, 9.17) is 9.79 Å². The summed E-state index contributed by atoms with van der Waals surface area (Å²) in [5, 5.41) is 2.76. The van der Waals surface area contributed by atoms with Crippen LogP contribution >= 0.6 is 15.0 Å². The van der Waals surface area contributed by atoms with Crippen LogP contribution in [0.1, 0.15) is 53.4 Å². The Morgan fingerprint density at radius 1 is 0.880 bits per heavy atom. The van der Waals surface area contributed by atoms with E-state index in [0.717, 1.165) is 25.7 Å². The van der Waals surface area contributed by atoms with Gasteiger partial charge in [0, 0.05) is 6.54 Å². The average molecular weight is 393 g/mol. The first-order chi connectivity index (χ1) is 11.4. The highest BCUT2D eigenvalue weighted by Gasteiger charge is 2.28. The molecule has 0 rings (SSSR count). The highest BCUT2D eigenvalue weighted by molar-refractivity contribution is 7.72. The van der Waals surface area contributed by atoms with Crippen molar-refractivity contribution < 1.29 is 23.8 Å². The Hall–Kier alpha value is -0.480. The minimum atomic E-state index is -4.47. The molecule has 0 bridgehead atoms. The first kappa shape index (κ1) is 24.5. The monoisotopic (exact) mass is 393 g/mol. The SMILES string of the molecule is CC(C)=CCC/C(C)=C/CC/C(C)=C/CNCP(=O)(O)CP(=O)(O)O. The second kappa shape index (κ2) is 12.0. The number of hydrogen-bond donors (Lipinski definition) is 4. The molecule has 0 amide bonds. The molecule has 0 aliphatic rings. The predicted octanol–water partition coefficient (Wildman–Crippen LogP) is 4.36. The van der Waals surface area contributed by atoms with Gasteiger partial charge in [-0.1, -0.05) is 34.9 Å². The van der Waals surface area contributed by atoms with Gasteiger partial charge in [0.15, 0.2) is 0 Å². The summed E-state index contributed by atoms with van der Waals surface area (Å²) >= 11 is 0. The van der Waals surface area contributed by atoms with Gasteiger partial charge in [0.05, 0.1) is 6.29 Å². The van der Waals surface area contributed by atoms with E-state index in [0.29, 0.717) is 6.54 Å². The molecule has 0 aromatic rings. The summed E-state index contributed by atoms with van der Waals surface area (Å²) < 4.78 is 22.4. The van der Waals surface area contributed by atoms with Gasteiger partial charge in [-0.05, 0) is 53.4 Å². The molecule has 146 valence electrons. The van der Waals surface area contributed by atoms with E-state index < -0.39 is 20.9 Å². The fraction of sp³-hybridized carbons (Fsp3) is 0.647. The molecule has 0 radical (unpaired) electrons. The summed E-state index contributed by atoms with van der Waals surface area (Å²) in [7, 11) is -8.32. The normalized spacial score (nSPS) is 15.8. The van der Waals surface area contributed by atoms with Crippen molar-refractivity contribution in [3.63, 3.8) is 0 Å². The third-order valence-corrected chi connectivity index (χ3v) is 7.44. The predicted molar refractivity (Wildman–Crippen MR) is 105 cm³/mol. The van der Waals surface area contributed by atoms with Crippen LogP contribution in [0.3, 0.4) is 0 Å². The van der Waals surface area contributed by atoms with Crippen molar-refractivity contribution in [2.45, 2.75) is 53.4 Å². The van der Waals surface area contributed by atoms with Crippen molar-refractivity contribution >= 4 is 15.0 Å². The Kier molecular flexibility index (Phi) is 11.8. The zero-order chi connectivity index (χ0) is 19.5. The van der Waals surface area contributed by atoms with Crippen molar-refractivity contribution in [1.29, 1.82) is 0 Å². The zero-order valence-corrected chi connectivity index (χ0v) is 17.5. The van der Waals surface area contributed by atoms with E-state index in [2.05, 4.69) is 38.2 Å².